The monoisotopic (exact) mass is 617 g/mol. The number of fused-ring (bicyclic) bond motifs is 2. The number of carboxylic acid groups (broad SMARTS) is 1. The zero-order chi connectivity index (χ0) is 32.5. The number of ether oxygens (including phenoxy) is 3. The molecule has 0 saturated carbocycles. The van der Waals surface area contributed by atoms with Gasteiger partial charge in [-0.2, -0.15) is 0 Å². The lowest BCUT2D eigenvalue weighted by molar-refractivity contribution is -0.142. The van der Waals surface area contributed by atoms with E-state index in [1.165, 1.54) is 20.8 Å². The summed E-state index contributed by atoms with van der Waals surface area (Å²) in [5, 5.41) is 11.5. The molecule has 11 heteroatoms. The second-order valence-electron chi connectivity index (χ2n) is 10.3. The number of carbonyl (C=O) groups excluding carboxylic acids is 3. The molecule has 0 spiro atoms. The molecule has 0 atom stereocenters. The van der Waals surface area contributed by atoms with Crippen LogP contribution in [0.1, 0.15) is 38.1 Å². The van der Waals surface area contributed by atoms with Crippen LogP contribution in [-0.2, 0) is 28.6 Å². The Kier molecular flexibility index (Phi) is 10.9. The molecule has 0 saturated heterocycles. The van der Waals surface area contributed by atoms with E-state index >= 15 is 0 Å². The maximum Gasteiger partial charge on any atom is 0.336 e. The van der Waals surface area contributed by atoms with Crippen LogP contribution in [0.5, 0.6) is 0 Å². The lowest BCUT2D eigenvalue weighted by Gasteiger charge is -2.24. The summed E-state index contributed by atoms with van der Waals surface area (Å²) in [6.07, 6.45) is 0. The predicted molar refractivity (Wildman–Crippen MR) is 168 cm³/mol. The van der Waals surface area contributed by atoms with Crippen molar-refractivity contribution < 1.29 is 42.9 Å². The van der Waals surface area contributed by atoms with E-state index in [2.05, 4.69) is 4.90 Å². The molecule has 2 aromatic carbocycles. The number of aromatic carboxylic acids is 1. The molecule has 1 N–H and O–H groups in total. The van der Waals surface area contributed by atoms with Gasteiger partial charge in [0.2, 0.25) is 5.36 Å². The van der Waals surface area contributed by atoms with Crippen LogP contribution in [0.2, 0.25) is 0 Å². The summed E-state index contributed by atoms with van der Waals surface area (Å²) in [6, 6.07) is 18.2. The minimum atomic E-state index is -1.05. The molecular formula is C34H37N2O9+. The van der Waals surface area contributed by atoms with Crippen LogP contribution in [0.4, 0.5) is 5.69 Å². The maximum absolute atomic E-state index is 12.3. The second-order valence-corrected chi connectivity index (χ2v) is 10.3. The predicted octanol–water partition coefficient (Wildman–Crippen LogP) is 4.19. The van der Waals surface area contributed by atoms with Crippen LogP contribution >= 0.6 is 0 Å². The van der Waals surface area contributed by atoms with Crippen molar-refractivity contribution in [1.29, 1.82) is 0 Å². The highest BCUT2D eigenvalue weighted by molar-refractivity contribution is 6.07. The number of carbonyl (C=O) groups is 4. The van der Waals surface area contributed by atoms with Gasteiger partial charge in [-0.15, -0.1) is 0 Å². The van der Waals surface area contributed by atoms with Crippen LogP contribution in [0.15, 0.2) is 65.1 Å². The number of hydrogen-bond donors (Lipinski definition) is 1. The molecule has 0 unspecified atom stereocenters. The van der Waals surface area contributed by atoms with Gasteiger partial charge in [-0.25, -0.2) is 9.37 Å². The Bertz CT molecular complexity index is 1740. The van der Waals surface area contributed by atoms with Gasteiger partial charge in [-0.05, 0) is 36.8 Å². The van der Waals surface area contributed by atoms with Crippen LogP contribution in [0.25, 0.3) is 33.4 Å². The highest BCUT2D eigenvalue weighted by Gasteiger charge is 2.23. The van der Waals surface area contributed by atoms with Crippen molar-refractivity contribution in [3.05, 3.63) is 71.6 Å². The molecule has 45 heavy (non-hydrogen) atoms. The third-order valence-corrected chi connectivity index (χ3v) is 7.23. The molecule has 2 aromatic rings. The number of nitrogens with zero attached hydrogens (tertiary/aromatic N) is 2. The number of likely N-dealkylation sites (N-methyl/N-ethyl adjacent to an activating group) is 1. The number of rotatable bonds is 13. The first-order valence-corrected chi connectivity index (χ1v) is 14.6. The molecular weight excluding hydrogens is 580 g/mol. The van der Waals surface area contributed by atoms with Crippen molar-refractivity contribution in [2.75, 3.05) is 50.9 Å². The first-order valence-electron chi connectivity index (χ1n) is 14.6. The van der Waals surface area contributed by atoms with Crippen molar-refractivity contribution in [3.8, 4) is 22.5 Å². The van der Waals surface area contributed by atoms with E-state index < -0.39 is 17.9 Å². The van der Waals surface area contributed by atoms with Crippen LogP contribution in [0, 0.1) is 0 Å². The Balaban J connectivity index is 1.94. The fourth-order valence-corrected chi connectivity index (χ4v) is 5.18. The fraction of sp³-hybridized carbons (Fsp3) is 0.324. The Hall–Kier alpha value is -5.19. The molecule has 4 rings (SSSR count). The summed E-state index contributed by atoms with van der Waals surface area (Å²) in [6.45, 7) is 8.34. The van der Waals surface area contributed by atoms with Gasteiger partial charge in [0.1, 0.15) is 31.2 Å². The van der Waals surface area contributed by atoms with E-state index in [9.17, 15) is 24.3 Å². The summed E-state index contributed by atoms with van der Waals surface area (Å²) in [5.74, 6) is -1.70. The fourth-order valence-electron chi connectivity index (χ4n) is 5.18. The van der Waals surface area contributed by atoms with E-state index in [-0.39, 0.29) is 31.4 Å². The Labute approximate surface area is 260 Å². The van der Waals surface area contributed by atoms with Crippen LogP contribution < -0.4 is 14.8 Å². The Morgan fingerprint density at radius 2 is 1.44 bits per heavy atom. The average molecular weight is 618 g/mol. The van der Waals surface area contributed by atoms with E-state index in [4.69, 9.17) is 18.6 Å². The van der Waals surface area contributed by atoms with Crippen LogP contribution in [-0.4, -0.2) is 75.0 Å². The zero-order valence-corrected chi connectivity index (χ0v) is 25.8. The normalized spacial score (nSPS) is 10.8. The summed E-state index contributed by atoms with van der Waals surface area (Å²) in [4.78, 5) is 48.5. The number of carboxylic acids is 1. The molecule has 0 aromatic heterocycles. The zero-order valence-electron chi connectivity index (χ0n) is 25.8. The molecule has 0 radical (unpaired) electrons. The molecule has 1 aliphatic carbocycles. The van der Waals surface area contributed by atoms with Crippen molar-refractivity contribution in [3.63, 3.8) is 0 Å². The van der Waals surface area contributed by atoms with E-state index in [1.807, 2.05) is 47.9 Å². The van der Waals surface area contributed by atoms with Gasteiger partial charge in [0.15, 0.2) is 13.1 Å². The molecule has 236 valence electrons. The first-order chi connectivity index (χ1) is 21.6. The van der Waals surface area contributed by atoms with E-state index in [0.717, 1.165) is 16.4 Å². The lowest BCUT2D eigenvalue weighted by Crippen LogP contribution is -2.36. The molecule has 2 aliphatic rings. The third-order valence-electron chi connectivity index (χ3n) is 7.23. The van der Waals surface area contributed by atoms with Gasteiger partial charge in [0.25, 0.3) is 0 Å². The molecule has 0 amide bonds. The summed E-state index contributed by atoms with van der Waals surface area (Å²) >= 11 is 0. The van der Waals surface area contributed by atoms with Crippen molar-refractivity contribution in [1.82, 2.24) is 4.58 Å². The number of hydrogen-bond acceptors (Lipinski definition) is 9. The smallest absolute Gasteiger partial charge is 0.336 e. The minimum absolute atomic E-state index is 0.128. The largest absolute Gasteiger partial charge is 0.478 e. The maximum atomic E-state index is 12.3. The van der Waals surface area contributed by atoms with Gasteiger partial charge in [-0.3, -0.25) is 14.4 Å². The van der Waals surface area contributed by atoms with Gasteiger partial charge in [0.05, 0.1) is 18.2 Å². The van der Waals surface area contributed by atoms with Gasteiger partial charge >= 0.3 is 23.9 Å². The van der Waals surface area contributed by atoms with Crippen molar-refractivity contribution in [2.45, 2.75) is 27.7 Å². The van der Waals surface area contributed by atoms with E-state index in [0.29, 0.717) is 54.2 Å². The van der Waals surface area contributed by atoms with Crippen molar-refractivity contribution in [2.24, 2.45) is 0 Å². The molecule has 1 heterocycles. The molecule has 1 aliphatic heterocycles. The highest BCUT2D eigenvalue weighted by atomic mass is 16.5. The molecule has 0 bridgehead atoms. The van der Waals surface area contributed by atoms with Crippen LogP contribution in [0.3, 0.4) is 0 Å². The summed E-state index contributed by atoms with van der Waals surface area (Å²) < 4.78 is 23.9. The topological polar surface area (TPSA) is 136 Å². The summed E-state index contributed by atoms with van der Waals surface area (Å²) in [5.41, 5.74) is 3.48. The second kappa shape index (κ2) is 15.0. The average Bonchev–Trinajstić information content (AvgIpc) is 3.00. The standard InChI is InChI=1S/C34H36N2O9/c1-5-35(14-17-42-22(2)37)25-10-12-29-31(20-25)45-32-21-26(36(15-18-43-23(3)38)16-19-44-24(4)39)11-13-30(32)33(29)27-8-6-7-9-28(27)34(40)41/h6-13,20-21H,5,14-19H2,1-4H3/p+1. The van der Waals surface area contributed by atoms with Gasteiger partial charge < -0.3 is 28.6 Å². The Morgan fingerprint density at radius 3 is 2.07 bits per heavy atom. The number of anilines is 1. The van der Waals surface area contributed by atoms with Crippen molar-refractivity contribution >= 4 is 40.5 Å². The third kappa shape index (κ3) is 8.26. The quantitative estimate of drug-likeness (QED) is 0.101. The first kappa shape index (κ1) is 32.7. The number of benzene rings is 3. The van der Waals surface area contributed by atoms with E-state index in [1.54, 1.807) is 24.3 Å². The summed E-state index contributed by atoms with van der Waals surface area (Å²) in [7, 11) is 0. The minimum Gasteiger partial charge on any atom is -0.478 e. The SMILES string of the molecule is CCN(CCOC(C)=O)c1ccc2c(-c3ccccc3C(=O)O)c3ccc(=[N+](CCOC(C)=O)CCOC(C)=O)cc-3oc2c1. The van der Waals surface area contributed by atoms with Gasteiger partial charge in [-0.1, -0.05) is 18.2 Å². The number of esters is 3. The Morgan fingerprint density at radius 1 is 0.800 bits per heavy atom. The molecule has 11 nitrogen and oxygen atoms in total. The molecule has 0 fully saturated rings. The highest BCUT2D eigenvalue weighted by Crippen LogP contribution is 2.42. The van der Waals surface area contributed by atoms with Gasteiger partial charge in [0, 0.05) is 61.6 Å². The lowest BCUT2D eigenvalue weighted by atomic mass is 9.90.